The summed E-state index contributed by atoms with van der Waals surface area (Å²) in [6, 6.07) is 16.8. The number of piperazine rings is 3. The second-order valence-corrected chi connectivity index (χ2v) is 36.9. The molecule has 0 spiro atoms. The fourth-order valence-corrected chi connectivity index (χ4v) is 19.4. The quantitative estimate of drug-likeness (QED) is 0.0710. The number of carbonyl (C=O) groups excluding carboxylic acids is 3. The summed E-state index contributed by atoms with van der Waals surface area (Å²) in [6.07, 6.45) is 17.5. The van der Waals surface area contributed by atoms with Gasteiger partial charge in [0.15, 0.2) is 6.23 Å². The second kappa shape index (κ2) is 44.3. The molecule has 0 bridgehead atoms. The van der Waals surface area contributed by atoms with E-state index in [0.29, 0.717) is 135 Å². The highest BCUT2D eigenvalue weighted by molar-refractivity contribution is 7.59. The number of aromatic nitrogens is 10. The number of amides is 3. The summed E-state index contributed by atoms with van der Waals surface area (Å²) >= 11 is 0. The Balaban J connectivity index is 0.000000188. The van der Waals surface area contributed by atoms with Gasteiger partial charge in [-0.25, -0.2) is 14.3 Å². The fourth-order valence-electron chi connectivity index (χ4n) is 19.4. The summed E-state index contributed by atoms with van der Waals surface area (Å²) in [7, 11) is 6.41. The first-order valence-corrected chi connectivity index (χ1v) is 45.0. The van der Waals surface area contributed by atoms with Crippen molar-refractivity contribution >= 4 is 109 Å². The summed E-state index contributed by atoms with van der Waals surface area (Å²) in [4.78, 5) is 91.6. The maximum Gasteiger partial charge on any atom is 0.410 e. The average Bonchev–Trinajstić information content (AvgIpc) is 1.75. The smallest absolute Gasteiger partial charge is 0.410 e. The summed E-state index contributed by atoms with van der Waals surface area (Å²) in [5, 5.41) is 46.5. The van der Waals surface area contributed by atoms with Crippen LogP contribution in [-0.2, 0) is 57.9 Å². The zero-order valence-electron chi connectivity index (χ0n) is 76.4. The summed E-state index contributed by atoms with van der Waals surface area (Å²) in [5.74, 6) is 2.43. The number of anilines is 5. The van der Waals surface area contributed by atoms with Gasteiger partial charge in [0.2, 0.25) is 5.91 Å². The predicted molar refractivity (Wildman–Crippen MR) is 513 cm³/mol. The molecule has 15 heterocycles. The highest BCUT2D eigenvalue weighted by Crippen LogP contribution is 2.42. The molecule has 34 nitrogen and oxygen atoms in total. The molecule has 10 aliphatic rings. The van der Waals surface area contributed by atoms with E-state index in [9.17, 15) is 30.2 Å². The van der Waals surface area contributed by atoms with E-state index < -0.39 is 11.2 Å². The molecular formula is C92H135N25O9S3. The van der Waals surface area contributed by atoms with E-state index in [1.54, 1.807) is 14.7 Å². The van der Waals surface area contributed by atoms with Crippen LogP contribution < -0.4 is 44.0 Å². The Bertz CT molecular complexity index is 5160. The van der Waals surface area contributed by atoms with Gasteiger partial charge in [-0.1, -0.05) is 26.1 Å². The summed E-state index contributed by atoms with van der Waals surface area (Å²) in [6.45, 7) is 33.9. The number of rotatable bonds is 19. The Labute approximate surface area is 781 Å². The SMILES string of the molecule is C.C=CC(=O)N1CCN(c2nc(OC[C@@H]3CCCN3C)nc3c2CCN(c2c(C)ccc4[nH]ncc24)C3)CC1CC#N.CN1CCC[C@H]1COc1nc2c(c(N3CCN(C(=O)OC(C)(C)C)C(CC#N)C3)n1)CCNC2.Cc1ccc2c(cnn2C2CCCCO2)c1N1CCc2c(nc(OC[C@@H]3CCCN3C)nc2N2CCN(C(=O)OC(C)(C)C)C(CC#N)C2)C1.S.S.S. The van der Waals surface area contributed by atoms with Gasteiger partial charge in [0.1, 0.15) is 48.5 Å². The van der Waals surface area contributed by atoms with Crippen LogP contribution in [0.1, 0.15) is 177 Å². The number of benzene rings is 2. The van der Waals surface area contributed by atoms with Gasteiger partial charge in [-0.3, -0.25) is 9.89 Å². The van der Waals surface area contributed by atoms with Crippen molar-refractivity contribution in [1.29, 1.82) is 15.8 Å². The number of H-pyrrole nitrogens is 1. The van der Waals surface area contributed by atoms with Crippen molar-refractivity contribution < 1.29 is 42.8 Å². The second-order valence-electron chi connectivity index (χ2n) is 36.9. The Morgan fingerprint density at radius 1 is 0.519 bits per heavy atom. The van der Waals surface area contributed by atoms with Crippen molar-refractivity contribution in [3.05, 3.63) is 94.2 Å². The van der Waals surface area contributed by atoms with E-state index in [1.807, 2.05) is 53.9 Å². The number of hydrogen-bond donors (Lipinski definition) is 2. The number of nitriles is 3. The molecule has 2 aromatic carbocycles. The van der Waals surface area contributed by atoms with Gasteiger partial charge in [0.05, 0.1) is 121 Å². The molecule has 2 N–H and O–H groups in total. The molecule has 0 saturated carbocycles. The van der Waals surface area contributed by atoms with Crippen molar-refractivity contribution in [2.45, 2.75) is 232 Å². The van der Waals surface area contributed by atoms with Crippen molar-refractivity contribution in [1.82, 2.24) is 84.6 Å². The van der Waals surface area contributed by atoms with Crippen molar-refractivity contribution in [2.75, 3.05) is 170 Å². The lowest BCUT2D eigenvalue weighted by atomic mass is 10.0. The number of likely N-dealkylation sites (tertiary alicyclic amines) is 3. The van der Waals surface area contributed by atoms with Crippen LogP contribution >= 0.6 is 40.5 Å². The molecule has 37 heteroatoms. The monoisotopic (exact) mass is 1830 g/mol. The molecule has 7 atom stereocenters. The van der Waals surface area contributed by atoms with Crippen LogP contribution in [0, 0.1) is 47.8 Å². The Morgan fingerprint density at radius 2 is 0.961 bits per heavy atom. The van der Waals surface area contributed by atoms with E-state index in [-0.39, 0.29) is 110 Å². The largest absolute Gasteiger partial charge is 0.462 e. The minimum Gasteiger partial charge on any atom is -0.462 e. The van der Waals surface area contributed by atoms with Gasteiger partial charge in [-0.2, -0.15) is 96.4 Å². The lowest BCUT2D eigenvalue weighted by Gasteiger charge is -2.42. The number of nitrogens with zero attached hydrogens (tertiary/aromatic N) is 23. The van der Waals surface area contributed by atoms with Crippen molar-refractivity contribution in [2.24, 2.45) is 0 Å². The lowest BCUT2D eigenvalue weighted by molar-refractivity contribution is -0.128. The first kappa shape index (κ1) is 99.7. The van der Waals surface area contributed by atoms with Crippen LogP contribution in [0.2, 0.25) is 0 Å². The molecule has 5 aromatic heterocycles. The summed E-state index contributed by atoms with van der Waals surface area (Å²) < 4.78 is 38.2. The number of ether oxygens (including phenoxy) is 6. The van der Waals surface area contributed by atoms with Gasteiger partial charge in [-0.15, -0.1) is 0 Å². The molecule has 0 radical (unpaired) electrons. The molecule has 0 aliphatic carbocycles. The predicted octanol–water partition coefficient (Wildman–Crippen LogP) is 10.9. The number of fused-ring (bicyclic) bond motifs is 5. The third kappa shape index (κ3) is 23.3. The van der Waals surface area contributed by atoms with Crippen LogP contribution in [0.3, 0.4) is 0 Å². The number of carbonyl (C=O) groups is 3. The number of likely N-dealkylation sites (N-methyl/N-ethyl adjacent to an activating group) is 3. The van der Waals surface area contributed by atoms with Gasteiger partial charge >= 0.3 is 30.2 Å². The number of aromatic amines is 1. The summed E-state index contributed by atoms with van der Waals surface area (Å²) in [5.41, 5.74) is 11.8. The topological polar surface area (TPSA) is 349 Å². The molecule has 129 heavy (non-hydrogen) atoms. The van der Waals surface area contributed by atoms with Crippen LogP contribution in [0.25, 0.3) is 21.8 Å². The van der Waals surface area contributed by atoms with Gasteiger partial charge in [0, 0.05) is 131 Å². The van der Waals surface area contributed by atoms with Gasteiger partial charge in [0.25, 0.3) is 0 Å². The highest BCUT2D eigenvalue weighted by Gasteiger charge is 2.41. The normalized spacial score (nSPS) is 21.9. The lowest BCUT2D eigenvalue weighted by Crippen LogP contribution is -2.56. The molecule has 4 unspecified atom stereocenters. The Morgan fingerprint density at radius 3 is 1.40 bits per heavy atom. The van der Waals surface area contributed by atoms with Crippen molar-refractivity contribution in [3.8, 4) is 36.2 Å². The van der Waals surface area contributed by atoms with E-state index >= 15 is 0 Å². The molecule has 17 rings (SSSR count). The standard InChI is InChI=1S/C37H51N9O4.C30H37N9O2.C24H37N7O3.CH4.3H2S/c1-25-11-12-31-29(21-39-46(31)32-10-6-7-20-48-32)33(25)43-17-14-28-30(23-43)40-35(49-24-27-9-8-16-42(27)5)41-34(28)44-18-19-45(26(22-44)13-15-38)36(47)50-37(2,3)4;1-4-27(40)39-15-14-38(17-21(39)9-11-31)29-23-10-13-37(28-20(2)7-8-25-24(28)16-32-35-25)18-26(23)33-30(34-29)41-19-22-6-5-12-36(22)3;1-24(2,3)34-23(32)31-13-12-30(15-17(31)7-9-25)21-19-8-10-26-14-20(19)27-22(28-21)33-16-18-6-5-11-29(18)4;;;;/h11-12,21,26-27,32H,6-10,13-14,16-20,22-24H2,1-5H3;4,7-8,16,21-22H,1,5-6,9-10,12-15,17-19H2,2-3H3,(H,32,35);17-18,26H,5-8,10-16H2,1-4H3;1H4;3*1H2/t26?,27-,32?;21?,22-;17?,18-;;;;/m000..../s1. The molecule has 10 aliphatic heterocycles. The van der Waals surface area contributed by atoms with Crippen LogP contribution in [0.4, 0.5) is 38.4 Å². The Kier molecular flexibility index (Phi) is 34.3. The molecular weight excluding hydrogens is 1700 g/mol. The molecule has 700 valence electrons. The third-order valence-electron chi connectivity index (χ3n) is 26.0. The molecule has 7 aromatic rings. The fraction of sp³-hybridized carbons (Fsp3) is 0.630. The van der Waals surface area contributed by atoms with Crippen LogP contribution in [-0.4, -0.2) is 291 Å². The number of nitrogens with one attached hydrogen (secondary N) is 2. The van der Waals surface area contributed by atoms with Crippen LogP contribution in [0.15, 0.2) is 49.3 Å². The zero-order chi connectivity index (χ0) is 87.8. The molecule has 3 amide bonds. The highest BCUT2D eigenvalue weighted by atomic mass is 32.1. The number of aryl methyl sites for hydroxylation is 2. The van der Waals surface area contributed by atoms with Gasteiger partial charge in [-0.05, 0) is 209 Å². The van der Waals surface area contributed by atoms with Crippen LogP contribution in [0.5, 0.6) is 18.0 Å². The third-order valence-corrected chi connectivity index (χ3v) is 26.0. The maximum atomic E-state index is 13.2. The van der Waals surface area contributed by atoms with E-state index in [1.165, 1.54) is 41.4 Å². The van der Waals surface area contributed by atoms with Crippen molar-refractivity contribution in [3.63, 3.8) is 0 Å². The first-order chi connectivity index (χ1) is 60.3. The Hall–Kier alpha value is -9.91. The first-order valence-electron chi connectivity index (χ1n) is 45.0. The van der Waals surface area contributed by atoms with E-state index in [2.05, 4.69) is 143 Å². The average molecular weight is 1830 g/mol. The maximum absolute atomic E-state index is 13.2. The van der Waals surface area contributed by atoms with E-state index in [0.717, 1.165) is 183 Å². The minimum absolute atomic E-state index is 0. The zero-order valence-corrected chi connectivity index (χ0v) is 79.4. The molecule has 7 fully saturated rings. The van der Waals surface area contributed by atoms with E-state index in [4.69, 9.17) is 63.4 Å². The number of hydrogen-bond acceptors (Lipinski definition) is 29. The minimum atomic E-state index is -0.617. The molecule has 7 saturated heterocycles. The van der Waals surface area contributed by atoms with Gasteiger partial charge < -0.3 is 87.6 Å².